The number of nitrogens with zero attached hydrogens (tertiary/aromatic N) is 4. The molecule has 1 fully saturated rings. The predicted octanol–water partition coefficient (Wildman–Crippen LogP) is 1.35. The summed E-state index contributed by atoms with van der Waals surface area (Å²) in [5.41, 5.74) is 0. The molecule has 1 aromatic rings. The van der Waals surface area contributed by atoms with Crippen molar-refractivity contribution < 1.29 is 9.90 Å². The number of rotatable bonds is 4. The highest BCUT2D eigenvalue weighted by molar-refractivity contribution is 8.00. The summed E-state index contributed by atoms with van der Waals surface area (Å²) in [4.78, 5) is 10.8. The molecule has 0 amide bonds. The van der Waals surface area contributed by atoms with Gasteiger partial charge in [-0.2, -0.15) is 0 Å². The van der Waals surface area contributed by atoms with Crippen LogP contribution in [-0.4, -0.2) is 36.5 Å². The van der Waals surface area contributed by atoms with Gasteiger partial charge in [-0.15, -0.1) is 5.10 Å². The normalized spacial score (nSPS) is 18.8. The van der Waals surface area contributed by atoms with E-state index in [0.717, 1.165) is 12.8 Å². The van der Waals surface area contributed by atoms with Crippen LogP contribution in [0.15, 0.2) is 5.16 Å². The monoisotopic (exact) mass is 242 g/mol. The van der Waals surface area contributed by atoms with Crippen molar-refractivity contribution in [1.29, 1.82) is 0 Å². The lowest BCUT2D eigenvalue weighted by atomic mass is 10.3. The second kappa shape index (κ2) is 4.82. The molecule has 0 spiro atoms. The molecule has 1 heterocycles. The van der Waals surface area contributed by atoms with Gasteiger partial charge in [0.25, 0.3) is 0 Å². The Hall–Kier alpha value is -1.11. The molecular weight excluding hydrogens is 228 g/mol. The van der Waals surface area contributed by atoms with Gasteiger partial charge in [0.05, 0.1) is 6.04 Å². The first kappa shape index (κ1) is 11.4. The lowest BCUT2D eigenvalue weighted by Gasteiger charge is -2.11. The maximum absolute atomic E-state index is 10.8. The fraction of sp³-hybridized carbons (Fsp3) is 0.778. The molecule has 1 atom stereocenters. The zero-order valence-electron chi connectivity index (χ0n) is 9.04. The van der Waals surface area contributed by atoms with Crippen LogP contribution in [0.5, 0.6) is 0 Å². The molecule has 0 aliphatic heterocycles. The second-order valence-corrected chi connectivity index (χ2v) is 5.25. The van der Waals surface area contributed by atoms with E-state index in [4.69, 9.17) is 5.11 Å². The first-order valence-electron chi connectivity index (χ1n) is 5.36. The van der Waals surface area contributed by atoms with Crippen molar-refractivity contribution in [3.05, 3.63) is 0 Å². The third-order valence-corrected chi connectivity index (χ3v) is 3.80. The van der Waals surface area contributed by atoms with Crippen LogP contribution in [0.2, 0.25) is 0 Å². The summed E-state index contributed by atoms with van der Waals surface area (Å²) in [6.45, 7) is 1.64. The number of carbonyl (C=O) groups is 1. The SMILES string of the molecule is CC(Sc1nnnn1C1CCCC1)C(=O)O. The Balaban J connectivity index is 2.09. The van der Waals surface area contributed by atoms with E-state index in [1.807, 2.05) is 0 Å². The molecule has 1 N–H and O–H groups in total. The van der Waals surface area contributed by atoms with E-state index in [2.05, 4.69) is 15.5 Å². The van der Waals surface area contributed by atoms with Crippen LogP contribution >= 0.6 is 11.8 Å². The molecule has 1 aromatic heterocycles. The molecule has 2 rings (SSSR count). The van der Waals surface area contributed by atoms with E-state index in [1.165, 1.54) is 24.6 Å². The van der Waals surface area contributed by atoms with E-state index in [9.17, 15) is 4.79 Å². The fourth-order valence-electron chi connectivity index (χ4n) is 1.85. The first-order chi connectivity index (χ1) is 7.68. The van der Waals surface area contributed by atoms with Crippen LogP contribution in [0.3, 0.4) is 0 Å². The van der Waals surface area contributed by atoms with Crippen LogP contribution in [0.4, 0.5) is 0 Å². The Kier molecular flexibility index (Phi) is 3.42. The number of aliphatic carboxylic acids is 1. The van der Waals surface area contributed by atoms with E-state index in [0.29, 0.717) is 11.2 Å². The van der Waals surface area contributed by atoms with Gasteiger partial charge in [0.2, 0.25) is 5.16 Å². The summed E-state index contributed by atoms with van der Waals surface area (Å²) in [7, 11) is 0. The van der Waals surface area contributed by atoms with Gasteiger partial charge in [-0.25, -0.2) is 4.68 Å². The lowest BCUT2D eigenvalue weighted by molar-refractivity contribution is -0.136. The van der Waals surface area contributed by atoms with Crippen molar-refractivity contribution in [2.75, 3.05) is 0 Å². The quantitative estimate of drug-likeness (QED) is 0.803. The van der Waals surface area contributed by atoms with Crippen LogP contribution in [-0.2, 0) is 4.79 Å². The molecule has 0 radical (unpaired) electrons. The van der Waals surface area contributed by atoms with Crippen LogP contribution < -0.4 is 0 Å². The molecule has 88 valence electrons. The number of thioether (sulfide) groups is 1. The average molecular weight is 242 g/mol. The van der Waals surface area contributed by atoms with Crippen LogP contribution in [0.25, 0.3) is 0 Å². The summed E-state index contributed by atoms with van der Waals surface area (Å²) in [5.74, 6) is -0.842. The first-order valence-corrected chi connectivity index (χ1v) is 6.24. The molecule has 7 heteroatoms. The minimum atomic E-state index is -0.842. The average Bonchev–Trinajstić information content (AvgIpc) is 2.85. The van der Waals surface area contributed by atoms with E-state index in [-0.39, 0.29) is 0 Å². The van der Waals surface area contributed by atoms with Crippen molar-refractivity contribution in [1.82, 2.24) is 20.2 Å². The molecule has 0 saturated heterocycles. The number of carboxylic acid groups (broad SMARTS) is 1. The number of hydrogen-bond acceptors (Lipinski definition) is 5. The standard InChI is InChI=1S/C9H14N4O2S/c1-6(8(14)15)16-9-10-11-12-13(9)7-4-2-3-5-7/h6-7H,2-5H2,1H3,(H,14,15). The smallest absolute Gasteiger partial charge is 0.316 e. The number of tetrazole rings is 1. The third-order valence-electron chi connectivity index (χ3n) is 2.76. The molecule has 1 saturated carbocycles. The van der Waals surface area contributed by atoms with Gasteiger partial charge < -0.3 is 5.11 Å². The van der Waals surface area contributed by atoms with Gasteiger partial charge in [0.1, 0.15) is 5.25 Å². The van der Waals surface area contributed by atoms with Gasteiger partial charge in [-0.1, -0.05) is 24.6 Å². The molecule has 0 aromatic carbocycles. The third kappa shape index (κ3) is 2.34. The minimum absolute atomic E-state index is 0.346. The van der Waals surface area contributed by atoms with Crippen LogP contribution in [0.1, 0.15) is 38.6 Å². The molecule has 1 aliphatic rings. The number of carboxylic acids is 1. The van der Waals surface area contributed by atoms with Gasteiger partial charge in [-0.3, -0.25) is 4.79 Å². The molecule has 16 heavy (non-hydrogen) atoms. The Morgan fingerprint density at radius 2 is 2.25 bits per heavy atom. The summed E-state index contributed by atoms with van der Waals surface area (Å²) in [5, 5.41) is 20.4. The van der Waals surface area contributed by atoms with E-state index < -0.39 is 11.2 Å². The Bertz CT molecular complexity index is 375. The minimum Gasteiger partial charge on any atom is -0.480 e. The van der Waals surface area contributed by atoms with E-state index in [1.54, 1.807) is 11.6 Å². The highest BCUT2D eigenvalue weighted by atomic mass is 32.2. The van der Waals surface area contributed by atoms with Crippen molar-refractivity contribution in [3.63, 3.8) is 0 Å². The summed E-state index contributed by atoms with van der Waals surface area (Å²) in [6, 6.07) is 0.346. The van der Waals surface area contributed by atoms with Gasteiger partial charge in [0.15, 0.2) is 0 Å². The highest BCUT2D eigenvalue weighted by Crippen LogP contribution is 2.32. The number of aromatic nitrogens is 4. The Morgan fingerprint density at radius 3 is 2.88 bits per heavy atom. The summed E-state index contributed by atoms with van der Waals surface area (Å²) < 4.78 is 1.77. The zero-order chi connectivity index (χ0) is 11.5. The lowest BCUT2D eigenvalue weighted by Crippen LogP contribution is -2.14. The van der Waals surface area contributed by atoms with Crippen molar-refractivity contribution in [2.45, 2.75) is 49.1 Å². The second-order valence-electron chi connectivity index (χ2n) is 3.94. The largest absolute Gasteiger partial charge is 0.480 e. The molecule has 1 aliphatic carbocycles. The van der Waals surface area contributed by atoms with E-state index >= 15 is 0 Å². The van der Waals surface area contributed by atoms with Crippen molar-refractivity contribution >= 4 is 17.7 Å². The fourth-order valence-corrected chi connectivity index (χ4v) is 2.64. The topological polar surface area (TPSA) is 80.9 Å². The Morgan fingerprint density at radius 1 is 1.56 bits per heavy atom. The Labute approximate surface area is 97.4 Å². The zero-order valence-corrected chi connectivity index (χ0v) is 9.85. The number of hydrogen-bond donors (Lipinski definition) is 1. The highest BCUT2D eigenvalue weighted by Gasteiger charge is 2.24. The maximum Gasteiger partial charge on any atom is 0.316 e. The van der Waals surface area contributed by atoms with Crippen LogP contribution in [0, 0.1) is 0 Å². The van der Waals surface area contributed by atoms with Gasteiger partial charge in [-0.05, 0) is 30.2 Å². The molecule has 1 unspecified atom stereocenters. The molecule has 0 bridgehead atoms. The van der Waals surface area contributed by atoms with Gasteiger partial charge in [0, 0.05) is 0 Å². The molecule has 6 nitrogen and oxygen atoms in total. The summed E-state index contributed by atoms with van der Waals surface area (Å²) in [6.07, 6.45) is 4.56. The molecular formula is C9H14N4O2S. The van der Waals surface area contributed by atoms with Crippen molar-refractivity contribution in [2.24, 2.45) is 0 Å². The predicted molar refractivity (Wildman–Crippen MR) is 58.3 cm³/mol. The van der Waals surface area contributed by atoms with Crippen molar-refractivity contribution in [3.8, 4) is 0 Å². The van der Waals surface area contributed by atoms with Gasteiger partial charge >= 0.3 is 5.97 Å². The summed E-state index contributed by atoms with van der Waals surface area (Å²) >= 11 is 1.20. The maximum atomic E-state index is 10.8.